The predicted octanol–water partition coefficient (Wildman–Crippen LogP) is 5.10. The van der Waals surface area contributed by atoms with Crippen molar-refractivity contribution in [1.29, 1.82) is 0 Å². The summed E-state index contributed by atoms with van der Waals surface area (Å²) >= 11 is 1.54. The fourth-order valence-corrected chi connectivity index (χ4v) is 6.82. The number of fused-ring (bicyclic) bond motifs is 1. The van der Waals surface area contributed by atoms with Crippen LogP contribution in [0.4, 0.5) is 0 Å². The predicted molar refractivity (Wildman–Crippen MR) is 123 cm³/mol. The van der Waals surface area contributed by atoms with E-state index in [1.54, 1.807) is 0 Å². The number of carboxylic acid groups (broad SMARTS) is 1. The lowest BCUT2D eigenvalue weighted by Crippen LogP contribution is -2.65. The van der Waals surface area contributed by atoms with Gasteiger partial charge in [0.2, 0.25) is 5.91 Å². The van der Waals surface area contributed by atoms with E-state index in [2.05, 4.69) is 33.9 Å². The Hall–Kier alpha value is -1.57. The first-order valence-corrected chi connectivity index (χ1v) is 14.4. The number of carboxylic acids is 1. The van der Waals surface area contributed by atoms with E-state index in [4.69, 9.17) is 4.43 Å². The molecule has 0 aromatic heterocycles. The van der Waals surface area contributed by atoms with Gasteiger partial charge in [-0.15, -0.1) is 11.8 Å². The lowest BCUT2D eigenvalue weighted by molar-refractivity contribution is -0.162. The quantitative estimate of drug-likeness (QED) is 0.465. The molecule has 30 heavy (non-hydrogen) atoms. The summed E-state index contributed by atoms with van der Waals surface area (Å²) in [6.07, 6.45) is -0.226. The van der Waals surface area contributed by atoms with Crippen LogP contribution in [-0.2, 0) is 19.8 Å². The molecule has 0 unspecified atom stereocenters. The number of nitrogens with zero attached hydrogens (tertiary/aromatic N) is 1. The number of carbonyl (C=O) groups excluding carboxylic acids is 1. The monoisotopic (exact) mass is 447 g/mol. The molecule has 0 radical (unpaired) electrons. The van der Waals surface area contributed by atoms with E-state index in [1.165, 1.54) is 16.7 Å². The molecule has 164 valence electrons. The third-order valence-corrected chi connectivity index (χ3v) is 12.7. The summed E-state index contributed by atoms with van der Waals surface area (Å²) in [7, 11) is -2.03. The van der Waals surface area contributed by atoms with Gasteiger partial charge in [0.1, 0.15) is 5.70 Å². The van der Waals surface area contributed by atoms with Gasteiger partial charge in [0.15, 0.2) is 8.32 Å². The van der Waals surface area contributed by atoms with Crippen LogP contribution in [-0.4, -0.2) is 42.3 Å². The second-order valence-electron chi connectivity index (χ2n) is 9.89. The molecule has 1 aromatic rings. The third-order valence-electron chi connectivity index (χ3n) is 6.82. The van der Waals surface area contributed by atoms with Crippen molar-refractivity contribution in [3.8, 4) is 0 Å². The van der Waals surface area contributed by atoms with Crippen molar-refractivity contribution in [3.63, 3.8) is 0 Å². The third kappa shape index (κ3) is 3.99. The Morgan fingerprint density at radius 1 is 1.27 bits per heavy atom. The molecule has 2 aliphatic heterocycles. The molecular formula is C23H33NO4SSi. The molecule has 1 fully saturated rings. The van der Waals surface area contributed by atoms with Crippen LogP contribution >= 0.6 is 11.8 Å². The normalized spacial score (nSPS) is 25.2. The SMILES string of the molecule is C[C@@H](O[Si](C)(C)C(C)(C)C)[C@H]1C(=O)N2C(C(=O)O)=C(SCc3ccccc3)[C@H](C)[C@H]12. The smallest absolute Gasteiger partial charge is 0.353 e. The minimum Gasteiger partial charge on any atom is -0.477 e. The van der Waals surface area contributed by atoms with Crippen LogP contribution in [0, 0.1) is 11.8 Å². The summed E-state index contributed by atoms with van der Waals surface area (Å²) < 4.78 is 6.51. The average molecular weight is 448 g/mol. The Morgan fingerprint density at radius 2 is 1.87 bits per heavy atom. The summed E-state index contributed by atoms with van der Waals surface area (Å²) in [6.45, 7) is 14.9. The van der Waals surface area contributed by atoms with Crippen LogP contribution in [0.2, 0.25) is 18.1 Å². The molecule has 2 aliphatic rings. The number of β-lactam (4-membered cyclic amide) rings is 1. The fraction of sp³-hybridized carbons (Fsp3) is 0.565. The lowest BCUT2D eigenvalue weighted by atomic mass is 9.79. The van der Waals surface area contributed by atoms with E-state index in [1.807, 2.05) is 44.2 Å². The van der Waals surface area contributed by atoms with Gasteiger partial charge >= 0.3 is 5.97 Å². The van der Waals surface area contributed by atoms with Crippen LogP contribution in [0.5, 0.6) is 0 Å². The Kier molecular flexibility index (Phi) is 6.29. The molecule has 3 rings (SSSR count). The second-order valence-corrected chi connectivity index (χ2v) is 15.7. The maximum atomic E-state index is 13.1. The van der Waals surface area contributed by atoms with E-state index in [9.17, 15) is 14.7 Å². The van der Waals surface area contributed by atoms with Gasteiger partial charge in [-0.25, -0.2) is 4.79 Å². The van der Waals surface area contributed by atoms with Gasteiger partial charge in [-0.05, 0) is 30.6 Å². The fourth-order valence-electron chi connectivity index (χ4n) is 4.15. The number of benzene rings is 1. The van der Waals surface area contributed by atoms with E-state index >= 15 is 0 Å². The van der Waals surface area contributed by atoms with Crippen molar-refractivity contribution in [3.05, 3.63) is 46.5 Å². The summed E-state index contributed by atoms with van der Waals surface area (Å²) in [5.74, 6) is -0.765. The van der Waals surface area contributed by atoms with Gasteiger partial charge in [-0.2, -0.15) is 0 Å². The molecule has 5 nitrogen and oxygen atoms in total. The number of hydrogen-bond donors (Lipinski definition) is 1. The Morgan fingerprint density at radius 3 is 2.40 bits per heavy atom. The molecule has 1 saturated heterocycles. The van der Waals surface area contributed by atoms with Crippen molar-refractivity contribution in [2.75, 3.05) is 0 Å². The molecule has 0 spiro atoms. The molecule has 1 amide bonds. The van der Waals surface area contributed by atoms with Gasteiger partial charge < -0.3 is 14.4 Å². The summed E-state index contributed by atoms with van der Waals surface area (Å²) in [6, 6.07) is 9.85. The topological polar surface area (TPSA) is 66.8 Å². The number of rotatable bonds is 7. The standard InChI is InChI=1S/C23H33NO4SSi/c1-14-18-17(15(2)28-30(6,7)23(3,4)5)21(25)24(18)19(22(26)27)20(14)29-13-16-11-9-8-10-12-16/h8-12,14-15,17-18H,13H2,1-7H3,(H,26,27)/t14-,15-,17-,18-/m1/s1. The van der Waals surface area contributed by atoms with E-state index in [0.29, 0.717) is 5.75 Å². The molecule has 0 bridgehead atoms. The van der Waals surface area contributed by atoms with Crippen LogP contribution in [0.3, 0.4) is 0 Å². The highest BCUT2D eigenvalue weighted by Gasteiger charge is 2.61. The number of aliphatic carboxylic acids is 1. The maximum Gasteiger partial charge on any atom is 0.353 e. The van der Waals surface area contributed by atoms with Crippen LogP contribution in [0.15, 0.2) is 40.9 Å². The summed E-state index contributed by atoms with van der Waals surface area (Å²) in [5, 5.41) is 9.92. The van der Waals surface area contributed by atoms with E-state index in [0.717, 1.165) is 10.5 Å². The van der Waals surface area contributed by atoms with Crippen LogP contribution < -0.4 is 0 Å². The largest absolute Gasteiger partial charge is 0.477 e. The first-order valence-electron chi connectivity index (χ1n) is 10.5. The zero-order chi connectivity index (χ0) is 22.4. The molecule has 2 heterocycles. The van der Waals surface area contributed by atoms with Crippen molar-refractivity contribution in [2.45, 2.75) is 70.6 Å². The van der Waals surface area contributed by atoms with Crippen LogP contribution in [0.25, 0.3) is 0 Å². The lowest BCUT2D eigenvalue weighted by Gasteiger charge is -2.50. The van der Waals surface area contributed by atoms with Crippen molar-refractivity contribution in [2.24, 2.45) is 11.8 Å². The van der Waals surface area contributed by atoms with Crippen LogP contribution in [0.1, 0.15) is 40.2 Å². The molecule has 7 heteroatoms. The summed E-state index contributed by atoms with van der Waals surface area (Å²) in [5.41, 5.74) is 1.30. The van der Waals surface area contributed by atoms with Gasteiger partial charge in [-0.1, -0.05) is 58.0 Å². The molecule has 0 aliphatic carbocycles. The van der Waals surface area contributed by atoms with Gasteiger partial charge in [0.05, 0.1) is 18.1 Å². The molecule has 1 N–H and O–H groups in total. The van der Waals surface area contributed by atoms with Gasteiger partial charge in [0, 0.05) is 16.6 Å². The highest BCUT2D eigenvalue weighted by Crippen LogP contribution is 2.52. The Bertz CT molecular complexity index is 862. The summed E-state index contributed by atoms with van der Waals surface area (Å²) in [4.78, 5) is 27.4. The minimum atomic E-state index is -2.03. The van der Waals surface area contributed by atoms with Crippen molar-refractivity contribution < 1.29 is 19.1 Å². The molecule has 0 saturated carbocycles. The Labute approximate surface area is 185 Å². The highest BCUT2D eigenvalue weighted by molar-refractivity contribution is 8.02. The molecular weight excluding hydrogens is 414 g/mol. The maximum absolute atomic E-state index is 13.1. The molecule has 1 aromatic carbocycles. The van der Waals surface area contributed by atoms with Crippen molar-refractivity contribution in [1.82, 2.24) is 4.90 Å². The first-order chi connectivity index (χ1) is 13.9. The van der Waals surface area contributed by atoms with Gasteiger partial charge in [-0.3, -0.25) is 4.79 Å². The minimum absolute atomic E-state index is 0.0158. The zero-order valence-corrected chi connectivity index (χ0v) is 20.7. The number of hydrogen-bond acceptors (Lipinski definition) is 4. The molecule has 4 atom stereocenters. The zero-order valence-electron chi connectivity index (χ0n) is 18.9. The number of thioether (sulfide) groups is 1. The number of amides is 1. The van der Waals surface area contributed by atoms with E-state index < -0.39 is 14.3 Å². The number of carbonyl (C=O) groups is 2. The Balaban J connectivity index is 1.80. The highest BCUT2D eigenvalue weighted by atomic mass is 32.2. The van der Waals surface area contributed by atoms with Gasteiger partial charge in [0.25, 0.3) is 0 Å². The first kappa shape index (κ1) is 23.1. The van der Waals surface area contributed by atoms with E-state index in [-0.39, 0.29) is 40.6 Å². The average Bonchev–Trinajstić information content (AvgIpc) is 2.88. The van der Waals surface area contributed by atoms with Crippen molar-refractivity contribution >= 4 is 32.0 Å². The second kappa shape index (κ2) is 8.17.